The molecule has 0 spiro atoms. The van der Waals surface area contributed by atoms with Crippen LogP contribution in [0.4, 0.5) is 0 Å². The Bertz CT molecular complexity index is 430. The summed E-state index contributed by atoms with van der Waals surface area (Å²) in [5.74, 6) is 0.0805. The highest BCUT2D eigenvalue weighted by Crippen LogP contribution is 2.23. The summed E-state index contributed by atoms with van der Waals surface area (Å²) in [4.78, 5) is 19.0. The lowest BCUT2D eigenvalue weighted by Gasteiger charge is -2.28. The van der Waals surface area contributed by atoms with Gasteiger partial charge in [0.15, 0.2) is 0 Å². The number of thiazole rings is 1. The summed E-state index contributed by atoms with van der Waals surface area (Å²) >= 11 is 1.48. The number of carbonyl (C=O) groups is 1. The van der Waals surface area contributed by atoms with Crippen LogP contribution in [0.3, 0.4) is 0 Å². The van der Waals surface area contributed by atoms with E-state index in [1.54, 1.807) is 0 Å². The number of rotatable bonds is 3. The Morgan fingerprint density at radius 3 is 3.00 bits per heavy atom. The summed E-state index contributed by atoms with van der Waals surface area (Å²) in [6.07, 6.45) is 5.70. The lowest BCUT2D eigenvalue weighted by Crippen LogP contribution is -2.39. The molecule has 2 unspecified atom stereocenters. The van der Waals surface area contributed by atoms with Gasteiger partial charge < -0.3 is 10.6 Å². The number of carbonyl (C=O) groups excluding carboxylic acids is 1. The first-order valence-corrected chi connectivity index (χ1v) is 8.03. The van der Waals surface area contributed by atoms with Gasteiger partial charge in [0.1, 0.15) is 10.7 Å². The Kier molecular flexibility index (Phi) is 4.93. The zero-order valence-corrected chi connectivity index (χ0v) is 12.6. The summed E-state index contributed by atoms with van der Waals surface area (Å²) in [6, 6.07) is 0.271. The molecule has 0 aromatic carbocycles. The van der Waals surface area contributed by atoms with E-state index in [0.717, 1.165) is 30.8 Å². The van der Waals surface area contributed by atoms with Gasteiger partial charge in [-0.25, -0.2) is 4.98 Å². The zero-order chi connectivity index (χ0) is 13.8. The second-order valence-corrected chi connectivity index (χ2v) is 6.16. The van der Waals surface area contributed by atoms with Crippen LogP contribution in [-0.2, 0) is 0 Å². The second-order valence-electron chi connectivity index (χ2n) is 5.27. The summed E-state index contributed by atoms with van der Waals surface area (Å²) in [7, 11) is 0. The summed E-state index contributed by atoms with van der Waals surface area (Å²) < 4.78 is 0. The molecule has 1 aliphatic heterocycles. The van der Waals surface area contributed by atoms with Crippen molar-refractivity contribution in [3.05, 3.63) is 16.1 Å². The Morgan fingerprint density at radius 1 is 1.58 bits per heavy atom. The third kappa shape index (κ3) is 3.34. The van der Waals surface area contributed by atoms with Crippen LogP contribution in [0.1, 0.15) is 67.5 Å². The lowest BCUT2D eigenvalue weighted by atomic mass is 10.1. The van der Waals surface area contributed by atoms with Crippen LogP contribution in [0.15, 0.2) is 5.38 Å². The average Bonchev–Trinajstić information content (AvgIpc) is 2.77. The van der Waals surface area contributed by atoms with E-state index in [1.165, 1.54) is 24.2 Å². The molecule has 19 heavy (non-hydrogen) atoms. The van der Waals surface area contributed by atoms with E-state index in [-0.39, 0.29) is 11.9 Å². The van der Waals surface area contributed by atoms with Crippen LogP contribution in [0.25, 0.3) is 0 Å². The molecule has 0 radical (unpaired) electrons. The molecule has 0 bridgehead atoms. The topological polar surface area (TPSA) is 59.2 Å². The van der Waals surface area contributed by atoms with Crippen molar-refractivity contribution >= 4 is 17.2 Å². The Balaban J connectivity index is 2.15. The fourth-order valence-electron chi connectivity index (χ4n) is 2.61. The highest BCUT2D eigenvalue weighted by molar-refractivity contribution is 7.09. The van der Waals surface area contributed by atoms with Gasteiger partial charge in [-0.3, -0.25) is 4.79 Å². The normalized spacial score (nSPS) is 22.1. The molecular weight excluding hydrogens is 258 g/mol. The molecule has 0 saturated carbocycles. The van der Waals surface area contributed by atoms with Gasteiger partial charge in [0.05, 0.1) is 6.04 Å². The van der Waals surface area contributed by atoms with Crippen molar-refractivity contribution in [2.24, 2.45) is 5.73 Å². The van der Waals surface area contributed by atoms with Gasteiger partial charge in [0.25, 0.3) is 5.91 Å². The quantitative estimate of drug-likeness (QED) is 0.926. The van der Waals surface area contributed by atoms with E-state index >= 15 is 0 Å². The van der Waals surface area contributed by atoms with E-state index in [1.807, 2.05) is 17.2 Å². The molecular formula is C14H23N3OS. The maximum atomic E-state index is 12.6. The standard InChI is InChI=1S/C14H23N3OS/c1-3-11-7-5-4-6-8-17(11)14(18)12-9-19-13(16-12)10(2)15/h9-11H,3-8,15H2,1-2H3. The predicted molar refractivity (Wildman–Crippen MR) is 78.3 cm³/mol. The van der Waals surface area contributed by atoms with Crippen molar-refractivity contribution in [2.45, 2.75) is 58.0 Å². The van der Waals surface area contributed by atoms with Gasteiger partial charge in [-0.05, 0) is 26.2 Å². The molecule has 1 aliphatic rings. The first-order valence-electron chi connectivity index (χ1n) is 7.15. The van der Waals surface area contributed by atoms with E-state index < -0.39 is 0 Å². The molecule has 1 aromatic rings. The summed E-state index contributed by atoms with van der Waals surface area (Å²) in [6.45, 7) is 4.92. The fraction of sp³-hybridized carbons (Fsp3) is 0.714. The number of hydrogen-bond donors (Lipinski definition) is 1. The number of nitrogens with two attached hydrogens (primary N) is 1. The van der Waals surface area contributed by atoms with Crippen LogP contribution in [-0.4, -0.2) is 28.4 Å². The summed E-state index contributed by atoms with van der Waals surface area (Å²) in [5.41, 5.74) is 6.37. The summed E-state index contributed by atoms with van der Waals surface area (Å²) in [5, 5.41) is 2.68. The van der Waals surface area contributed by atoms with Gasteiger partial charge in [0.2, 0.25) is 0 Å². The third-order valence-electron chi connectivity index (χ3n) is 3.74. The predicted octanol–water partition coefficient (Wildman–Crippen LogP) is 2.96. The molecule has 1 amide bonds. The van der Waals surface area contributed by atoms with Gasteiger partial charge in [0, 0.05) is 18.0 Å². The minimum absolute atomic E-state index is 0.0805. The molecule has 4 nitrogen and oxygen atoms in total. The van der Waals surface area contributed by atoms with Gasteiger partial charge in [-0.2, -0.15) is 0 Å². The number of amides is 1. The third-order valence-corrected chi connectivity index (χ3v) is 4.79. The maximum absolute atomic E-state index is 12.6. The fourth-order valence-corrected chi connectivity index (χ4v) is 3.36. The second kappa shape index (κ2) is 6.48. The van der Waals surface area contributed by atoms with Gasteiger partial charge in [-0.1, -0.05) is 19.8 Å². The minimum Gasteiger partial charge on any atom is -0.334 e. The number of hydrogen-bond acceptors (Lipinski definition) is 4. The molecule has 2 rings (SSSR count). The number of aromatic nitrogens is 1. The van der Waals surface area contributed by atoms with Crippen LogP contribution in [0.5, 0.6) is 0 Å². The number of likely N-dealkylation sites (tertiary alicyclic amines) is 1. The molecule has 1 fully saturated rings. The highest BCUT2D eigenvalue weighted by Gasteiger charge is 2.26. The molecule has 1 aromatic heterocycles. The van der Waals surface area contributed by atoms with Crippen molar-refractivity contribution in [1.82, 2.24) is 9.88 Å². The number of nitrogens with zero attached hydrogens (tertiary/aromatic N) is 2. The van der Waals surface area contributed by atoms with Crippen molar-refractivity contribution in [1.29, 1.82) is 0 Å². The van der Waals surface area contributed by atoms with Crippen molar-refractivity contribution < 1.29 is 4.79 Å². The molecule has 106 valence electrons. The molecule has 2 heterocycles. The zero-order valence-electron chi connectivity index (χ0n) is 11.8. The molecule has 1 saturated heterocycles. The first kappa shape index (κ1) is 14.5. The van der Waals surface area contributed by atoms with E-state index in [4.69, 9.17) is 5.73 Å². The SMILES string of the molecule is CCC1CCCCCN1C(=O)c1csc(C(C)N)n1. The Morgan fingerprint density at radius 2 is 2.37 bits per heavy atom. The molecule has 0 aliphatic carbocycles. The van der Waals surface area contributed by atoms with E-state index in [2.05, 4.69) is 11.9 Å². The van der Waals surface area contributed by atoms with Crippen LogP contribution in [0, 0.1) is 0 Å². The van der Waals surface area contributed by atoms with Crippen molar-refractivity contribution in [3.63, 3.8) is 0 Å². The Hall–Kier alpha value is -0.940. The Labute approximate surface area is 119 Å². The monoisotopic (exact) mass is 281 g/mol. The first-order chi connectivity index (χ1) is 9.13. The smallest absolute Gasteiger partial charge is 0.273 e. The molecule has 2 N–H and O–H groups in total. The van der Waals surface area contributed by atoms with Gasteiger partial charge >= 0.3 is 0 Å². The molecule has 2 atom stereocenters. The maximum Gasteiger partial charge on any atom is 0.273 e. The van der Waals surface area contributed by atoms with E-state index in [9.17, 15) is 4.79 Å². The van der Waals surface area contributed by atoms with Crippen LogP contribution in [0.2, 0.25) is 0 Å². The van der Waals surface area contributed by atoms with Crippen molar-refractivity contribution in [3.8, 4) is 0 Å². The van der Waals surface area contributed by atoms with E-state index in [0.29, 0.717) is 11.7 Å². The molecule has 5 heteroatoms. The minimum atomic E-state index is -0.0994. The van der Waals surface area contributed by atoms with Crippen LogP contribution < -0.4 is 5.73 Å². The highest BCUT2D eigenvalue weighted by atomic mass is 32.1. The van der Waals surface area contributed by atoms with Crippen molar-refractivity contribution in [2.75, 3.05) is 6.54 Å². The lowest BCUT2D eigenvalue weighted by molar-refractivity contribution is 0.0672. The largest absolute Gasteiger partial charge is 0.334 e. The van der Waals surface area contributed by atoms with Gasteiger partial charge in [-0.15, -0.1) is 11.3 Å². The van der Waals surface area contributed by atoms with Crippen LogP contribution >= 0.6 is 11.3 Å². The average molecular weight is 281 g/mol.